The van der Waals surface area contributed by atoms with Crippen LogP contribution in [0.15, 0.2) is 12.2 Å². The molecule has 1 unspecified atom stereocenters. The fraction of sp³-hybridized carbons (Fsp3) is 0.667. The van der Waals surface area contributed by atoms with Crippen LogP contribution in [0.3, 0.4) is 0 Å². The number of carboxylic acid groups (broad SMARTS) is 1. The van der Waals surface area contributed by atoms with Gasteiger partial charge in [-0.1, -0.05) is 5.57 Å². The normalized spacial score (nSPS) is 18.6. The number of allylic oxidation sites excluding steroid dienone is 1. The number of carboxylic acids is 1. The highest BCUT2D eigenvalue weighted by Crippen LogP contribution is 2.28. The second kappa shape index (κ2) is 4.68. The highest BCUT2D eigenvalue weighted by Gasteiger charge is 2.42. The molecule has 1 aliphatic carbocycles. The molecule has 0 aliphatic heterocycles. The molecule has 0 heterocycles. The average Bonchev–Trinajstić information content (AvgIpc) is 2.97. The Balaban J connectivity index is 2.65. The summed E-state index contributed by atoms with van der Waals surface area (Å²) in [6.45, 7) is 7.04. The third-order valence-corrected chi connectivity index (χ3v) is 2.94. The van der Waals surface area contributed by atoms with Crippen LogP contribution < -0.4 is 5.32 Å². The van der Waals surface area contributed by atoms with E-state index in [1.807, 2.05) is 6.92 Å². The summed E-state index contributed by atoms with van der Waals surface area (Å²) in [4.78, 5) is 23.0. The van der Waals surface area contributed by atoms with Crippen LogP contribution in [0.1, 0.15) is 39.5 Å². The van der Waals surface area contributed by atoms with Crippen molar-refractivity contribution in [3.63, 3.8) is 0 Å². The number of amides is 1. The Morgan fingerprint density at radius 3 is 2.44 bits per heavy atom. The maximum atomic E-state index is 11.8. The quantitative estimate of drug-likeness (QED) is 0.534. The van der Waals surface area contributed by atoms with E-state index in [4.69, 9.17) is 5.11 Å². The fourth-order valence-electron chi connectivity index (χ4n) is 1.35. The van der Waals surface area contributed by atoms with Crippen molar-refractivity contribution in [3.8, 4) is 0 Å². The van der Waals surface area contributed by atoms with Gasteiger partial charge in [0.15, 0.2) is 0 Å². The topological polar surface area (TPSA) is 66.4 Å². The molecule has 2 N–H and O–H groups in total. The average molecular weight is 225 g/mol. The molecule has 0 spiro atoms. The minimum Gasteiger partial charge on any atom is -0.480 e. The van der Waals surface area contributed by atoms with Crippen LogP contribution in [0.4, 0.5) is 0 Å². The zero-order valence-corrected chi connectivity index (χ0v) is 9.88. The number of nitrogens with one attached hydrogen (secondary N) is 1. The summed E-state index contributed by atoms with van der Waals surface area (Å²) in [5.74, 6) is -1.43. The summed E-state index contributed by atoms with van der Waals surface area (Å²) in [6.07, 6.45) is 2.78. The molecule has 0 aromatic carbocycles. The minimum absolute atomic E-state index is 0.191. The Bertz CT molecular complexity index is 320. The van der Waals surface area contributed by atoms with Gasteiger partial charge in [0.25, 0.3) is 0 Å². The Morgan fingerprint density at radius 2 is 2.06 bits per heavy atom. The van der Waals surface area contributed by atoms with Crippen LogP contribution in [0.25, 0.3) is 0 Å². The van der Waals surface area contributed by atoms with E-state index in [2.05, 4.69) is 11.9 Å². The van der Waals surface area contributed by atoms with Crippen molar-refractivity contribution in [2.45, 2.75) is 45.6 Å². The number of aliphatic carboxylic acids is 1. The zero-order chi connectivity index (χ0) is 12.3. The molecule has 0 aromatic heterocycles. The summed E-state index contributed by atoms with van der Waals surface area (Å²) >= 11 is 0. The van der Waals surface area contributed by atoms with E-state index in [0.717, 1.165) is 18.4 Å². The SMILES string of the molecule is C=C(C)CCC(C)(C(=O)O)C(=O)NC1CC1. The first-order chi connectivity index (χ1) is 7.36. The first-order valence-corrected chi connectivity index (χ1v) is 5.55. The number of carbonyl (C=O) groups is 2. The van der Waals surface area contributed by atoms with Crippen molar-refractivity contribution in [2.75, 3.05) is 0 Å². The molecule has 1 rings (SSSR count). The van der Waals surface area contributed by atoms with Crippen molar-refractivity contribution in [2.24, 2.45) is 5.41 Å². The Labute approximate surface area is 95.7 Å². The van der Waals surface area contributed by atoms with Crippen molar-refractivity contribution >= 4 is 11.9 Å². The molecule has 0 bridgehead atoms. The monoisotopic (exact) mass is 225 g/mol. The van der Waals surface area contributed by atoms with Gasteiger partial charge in [-0.05, 0) is 39.5 Å². The van der Waals surface area contributed by atoms with Crippen molar-refractivity contribution < 1.29 is 14.7 Å². The molecule has 1 amide bonds. The van der Waals surface area contributed by atoms with Gasteiger partial charge in [-0.2, -0.15) is 0 Å². The molecule has 1 fully saturated rings. The molecule has 0 aromatic rings. The second-order valence-corrected chi connectivity index (χ2v) is 4.84. The lowest BCUT2D eigenvalue weighted by Gasteiger charge is -2.23. The Morgan fingerprint density at radius 1 is 1.50 bits per heavy atom. The van der Waals surface area contributed by atoms with E-state index in [0.29, 0.717) is 12.8 Å². The van der Waals surface area contributed by atoms with Gasteiger partial charge in [0, 0.05) is 6.04 Å². The number of hydrogen-bond donors (Lipinski definition) is 2. The summed E-state index contributed by atoms with van der Waals surface area (Å²) in [6, 6.07) is 0.191. The zero-order valence-electron chi connectivity index (χ0n) is 9.88. The van der Waals surface area contributed by atoms with Crippen LogP contribution >= 0.6 is 0 Å². The molecule has 1 atom stereocenters. The van der Waals surface area contributed by atoms with Gasteiger partial charge in [0.05, 0.1) is 0 Å². The number of hydrogen-bond acceptors (Lipinski definition) is 2. The molecule has 0 saturated heterocycles. The number of rotatable bonds is 6. The Kier molecular flexibility index (Phi) is 3.73. The molecule has 1 aliphatic rings. The van der Waals surface area contributed by atoms with E-state index in [-0.39, 0.29) is 11.9 Å². The molecular weight excluding hydrogens is 206 g/mol. The lowest BCUT2D eigenvalue weighted by molar-refractivity contribution is -0.155. The largest absolute Gasteiger partial charge is 0.480 e. The maximum absolute atomic E-state index is 11.8. The molecular formula is C12H19NO3. The van der Waals surface area contributed by atoms with Gasteiger partial charge >= 0.3 is 5.97 Å². The highest BCUT2D eigenvalue weighted by molar-refractivity contribution is 6.01. The van der Waals surface area contributed by atoms with Gasteiger partial charge in [-0.3, -0.25) is 9.59 Å². The number of carbonyl (C=O) groups excluding carboxylic acids is 1. The summed E-state index contributed by atoms with van der Waals surface area (Å²) in [5.41, 5.74) is -0.437. The lowest BCUT2D eigenvalue weighted by Crippen LogP contribution is -2.45. The van der Waals surface area contributed by atoms with E-state index in [1.165, 1.54) is 6.92 Å². The predicted molar refractivity (Wildman–Crippen MR) is 61.0 cm³/mol. The van der Waals surface area contributed by atoms with Gasteiger partial charge in [0.2, 0.25) is 5.91 Å². The summed E-state index contributed by atoms with van der Waals surface area (Å²) in [5, 5.41) is 11.9. The maximum Gasteiger partial charge on any atom is 0.318 e. The van der Waals surface area contributed by atoms with Gasteiger partial charge in [-0.25, -0.2) is 0 Å². The van der Waals surface area contributed by atoms with Crippen molar-refractivity contribution in [1.82, 2.24) is 5.32 Å². The van der Waals surface area contributed by atoms with Crippen LogP contribution in [0, 0.1) is 5.41 Å². The van der Waals surface area contributed by atoms with E-state index < -0.39 is 11.4 Å². The van der Waals surface area contributed by atoms with Crippen LogP contribution in [0.2, 0.25) is 0 Å². The predicted octanol–water partition coefficient (Wildman–Crippen LogP) is 1.71. The van der Waals surface area contributed by atoms with E-state index in [1.54, 1.807) is 0 Å². The van der Waals surface area contributed by atoms with Crippen LogP contribution in [0.5, 0.6) is 0 Å². The molecule has 16 heavy (non-hydrogen) atoms. The van der Waals surface area contributed by atoms with E-state index in [9.17, 15) is 9.59 Å². The standard InChI is InChI=1S/C12H19NO3/c1-8(2)6-7-12(3,11(15)16)10(14)13-9-4-5-9/h9H,1,4-7H2,2-3H3,(H,13,14)(H,15,16). The first kappa shape index (κ1) is 12.7. The van der Waals surface area contributed by atoms with Crippen LogP contribution in [-0.2, 0) is 9.59 Å². The lowest BCUT2D eigenvalue weighted by atomic mass is 9.83. The van der Waals surface area contributed by atoms with Gasteiger partial charge < -0.3 is 10.4 Å². The van der Waals surface area contributed by atoms with Gasteiger partial charge in [-0.15, -0.1) is 6.58 Å². The van der Waals surface area contributed by atoms with Crippen molar-refractivity contribution in [1.29, 1.82) is 0 Å². The molecule has 90 valence electrons. The summed E-state index contributed by atoms with van der Waals surface area (Å²) < 4.78 is 0. The smallest absolute Gasteiger partial charge is 0.318 e. The fourth-order valence-corrected chi connectivity index (χ4v) is 1.35. The first-order valence-electron chi connectivity index (χ1n) is 5.55. The third-order valence-electron chi connectivity index (χ3n) is 2.94. The Hall–Kier alpha value is -1.32. The van der Waals surface area contributed by atoms with Gasteiger partial charge in [0.1, 0.15) is 5.41 Å². The molecule has 1 saturated carbocycles. The highest BCUT2D eigenvalue weighted by atomic mass is 16.4. The third kappa shape index (κ3) is 3.08. The molecule has 0 radical (unpaired) electrons. The van der Waals surface area contributed by atoms with Crippen molar-refractivity contribution in [3.05, 3.63) is 12.2 Å². The van der Waals surface area contributed by atoms with Crippen LogP contribution in [-0.4, -0.2) is 23.0 Å². The minimum atomic E-state index is -1.33. The second-order valence-electron chi connectivity index (χ2n) is 4.84. The molecule has 4 nitrogen and oxygen atoms in total. The molecule has 4 heteroatoms. The van der Waals surface area contributed by atoms with E-state index >= 15 is 0 Å². The summed E-state index contributed by atoms with van der Waals surface area (Å²) in [7, 11) is 0.